The van der Waals surface area contributed by atoms with Gasteiger partial charge in [-0.05, 0) is 25.0 Å². The SMILES string of the molecule is N#Cc1cccnc1N1CCC(NC(=O)c2cnccn2)CC1. The van der Waals surface area contributed by atoms with E-state index in [-0.39, 0.29) is 11.9 Å². The van der Waals surface area contributed by atoms with Crippen LogP contribution in [0.5, 0.6) is 0 Å². The van der Waals surface area contributed by atoms with Crippen molar-refractivity contribution in [3.63, 3.8) is 0 Å². The van der Waals surface area contributed by atoms with Gasteiger partial charge in [0.25, 0.3) is 5.91 Å². The number of carbonyl (C=O) groups excluding carboxylic acids is 1. The van der Waals surface area contributed by atoms with Crippen molar-refractivity contribution in [3.05, 3.63) is 48.2 Å². The third-order valence-corrected chi connectivity index (χ3v) is 3.83. The summed E-state index contributed by atoms with van der Waals surface area (Å²) in [6.07, 6.45) is 7.79. The van der Waals surface area contributed by atoms with Gasteiger partial charge in [-0.3, -0.25) is 9.78 Å². The molecular formula is C16H16N6O. The second-order valence-electron chi connectivity index (χ2n) is 5.31. The van der Waals surface area contributed by atoms with E-state index < -0.39 is 0 Å². The molecule has 0 spiro atoms. The molecule has 1 aliphatic heterocycles. The van der Waals surface area contributed by atoms with Gasteiger partial charge in [0.1, 0.15) is 17.6 Å². The largest absolute Gasteiger partial charge is 0.355 e. The number of anilines is 1. The van der Waals surface area contributed by atoms with Crippen LogP contribution >= 0.6 is 0 Å². The summed E-state index contributed by atoms with van der Waals surface area (Å²) in [5, 5.41) is 12.1. The maximum atomic E-state index is 12.1. The van der Waals surface area contributed by atoms with Crippen LogP contribution in [0.1, 0.15) is 28.9 Å². The molecule has 1 amide bonds. The van der Waals surface area contributed by atoms with E-state index in [0.717, 1.165) is 25.9 Å². The first-order chi connectivity index (χ1) is 11.3. The first-order valence-electron chi connectivity index (χ1n) is 7.45. The molecule has 1 fully saturated rings. The molecule has 0 aliphatic carbocycles. The summed E-state index contributed by atoms with van der Waals surface area (Å²) < 4.78 is 0. The number of carbonyl (C=O) groups is 1. The average Bonchev–Trinajstić information content (AvgIpc) is 2.63. The molecule has 0 atom stereocenters. The number of nitriles is 1. The van der Waals surface area contributed by atoms with Crippen molar-refractivity contribution in [1.29, 1.82) is 5.26 Å². The van der Waals surface area contributed by atoms with Crippen LogP contribution in [0.4, 0.5) is 5.82 Å². The molecule has 2 aromatic heterocycles. The van der Waals surface area contributed by atoms with Crippen molar-refractivity contribution < 1.29 is 4.79 Å². The molecule has 0 aromatic carbocycles. The first-order valence-corrected chi connectivity index (χ1v) is 7.45. The Morgan fingerprint density at radius 3 is 2.78 bits per heavy atom. The second-order valence-corrected chi connectivity index (χ2v) is 5.31. The van der Waals surface area contributed by atoms with E-state index in [9.17, 15) is 4.79 Å². The van der Waals surface area contributed by atoms with E-state index in [1.54, 1.807) is 18.3 Å². The fourth-order valence-corrected chi connectivity index (χ4v) is 2.65. The summed E-state index contributed by atoms with van der Waals surface area (Å²) >= 11 is 0. The molecule has 3 heterocycles. The molecular weight excluding hydrogens is 292 g/mol. The smallest absolute Gasteiger partial charge is 0.271 e. The van der Waals surface area contributed by atoms with E-state index in [4.69, 9.17) is 5.26 Å². The summed E-state index contributed by atoms with van der Waals surface area (Å²) in [7, 11) is 0. The zero-order chi connectivity index (χ0) is 16.1. The number of amides is 1. The lowest BCUT2D eigenvalue weighted by atomic mass is 10.0. The third-order valence-electron chi connectivity index (χ3n) is 3.83. The molecule has 7 heteroatoms. The highest BCUT2D eigenvalue weighted by Crippen LogP contribution is 2.21. The Hall–Kier alpha value is -3.01. The standard InChI is InChI=1S/C16H16N6O/c17-10-12-2-1-5-20-15(12)22-8-3-13(4-9-22)21-16(23)14-11-18-6-7-19-14/h1-2,5-7,11,13H,3-4,8-9H2,(H,21,23). The molecule has 7 nitrogen and oxygen atoms in total. The summed E-state index contributed by atoms with van der Waals surface area (Å²) in [5.74, 6) is 0.515. The summed E-state index contributed by atoms with van der Waals surface area (Å²) in [6.45, 7) is 1.49. The minimum Gasteiger partial charge on any atom is -0.355 e. The number of nitrogens with one attached hydrogen (secondary N) is 1. The van der Waals surface area contributed by atoms with Crippen molar-refractivity contribution in [2.24, 2.45) is 0 Å². The molecule has 1 aliphatic rings. The Balaban J connectivity index is 1.59. The predicted octanol–water partition coefficient (Wildman–Crippen LogP) is 1.14. The van der Waals surface area contributed by atoms with Gasteiger partial charge >= 0.3 is 0 Å². The lowest BCUT2D eigenvalue weighted by Gasteiger charge is -2.33. The van der Waals surface area contributed by atoms with Gasteiger partial charge < -0.3 is 10.2 Å². The summed E-state index contributed by atoms with van der Waals surface area (Å²) in [4.78, 5) is 26.4. The number of pyridine rings is 1. The van der Waals surface area contributed by atoms with Gasteiger partial charge in [0.05, 0.1) is 11.8 Å². The average molecular weight is 308 g/mol. The Bertz CT molecular complexity index is 719. The van der Waals surface area contributed by atoms with Gasteiger partial charge in [-0.25, -0.2) is 9.97 Å². The van der Waals surface area contributed by atoms with E-state index in [0.29, 0.717) is 17.1 Å². The monoisotopic (exact) mass is 308 g/mol. The van der Waals surface area contributed by atoms with Crippen LogP contribution in [0.3, 0.4) is 0 Å². The maximum absolute atomic E-state index is 12.1. The Labute approximate surface area is 134 Å². The van der Waals surface area contributed by atoms with Crippen LogP contribution < -0.4 is 10.2 Å². The van der Waals surface area contributed by atoms with E-state index >= 15 is 0 Å². The van der Waals surface area contributed by atoms with Crippen molar-refractivity contribution in [2.75, 3.05) is 18.0 Å². The predicted molar refractivity (Wildman–Crippen MR) is 83.7 cm³/mol. The van der Waals surface area contributed by atoms with Crippen LogP contribution in [-0.4, -0.2) is 40.0 Å². The van der Waals surface area contributed by atoms with Crippen molar-refractivity contribution in [2.45, 2.75) is 18.9 Å². The van der Waals surface area contributed by atoms with Crippen LogP contribution in [0, 0.1) is 11.3 Å². The molecule has 2 aromatic rings. The second kappa shape index (κ2) is 6.83. The molecule has 116 valence electrons. The Morgan fingerprint density at radius 1 is 1.26 bits per heavy atom. The van der Waals surface area contributed by atoms with Gasteiger partial charge in [0.15, 0.2) is 0 Å². The van der Waals surface area contributed by atoms with E-state index in [2.05, 4.69) is 31.2 Å². The molecule has 0 saturated carbocycles. The lowest BCUT2D eigenvalue weighted by Crippen LogP contribution is -2.45. The number of hydrogen-bond donors (Lipinski definition) is 1. The first kappa shape index (κ1) is 14.9. The molecule has 0 unspecified atom stereocenters. The Kier molecular flexibility index (Phi) is 4.43. The minimum atomic E-state index is -0.202. The van der Waals surface area contributed by atoms with Crippen molar-refractivity contribution in [1.82, 2.24) is 20.3 Å². The third kappa shape index (κ3) is 3.43. The molecule has 3 rings (SSSR count). The molecule has 0 radical (unpaired) electrons. The van der Waals surface area contributed by atoms with Gasteiger partial charge in [-0.15, -0.1) is 0 Å². The van der Waals surface area contributed by atoms with Crippen LogP contribution in [-0.2, 0) is 0 Å². The number of piperidine rings is 1. The maximum Gasteiger partial charge on any atom is 0.271 e. The molecule has 1 N–H and O–H groups in total. The molecule has 0 bridgehead atoms. The lowest BCUT2D eigenvalue weighted by molar-refractivity contribution is 0.0925. The van der Waals surface area contributed by atoms with Gasteiger partial charge in [-0.1, -0.05) is 0 Å². The highest BCUT2D eigenvalue weighted by molar-refractivity contribution is 5.92. The fourth-order valence-electron chi connectivity index (χ4n) is 2.65. The van der Waals surface area contributed by atoms with Crippen LogP contribution in [0.25, 0.3) is 0 Å². The Morgan fingerprint density at radius 2 is 2.09 bits per heavy atom. The topological polar surface area (TPSA) is 94.8 Å². The van der Waals surface area contributed by atoms with E-state index in [1.165, 1.54) is 18.6 Å². The summed E-state index contributed by atoms with van der Waals surface area (Å²) in [5.41, 5.74) is 0.904. The highest BCUT2D eigenvalue weighted by atomic mass is 16.1. The zero-order valence-electron chi connectivity index (χ0n) is 12.5. The number of rotatable bonds is 3. The quantitative estimate of drug-likeness (QED) is 0.913. The van der Waals surface area contributed by atoms with E-state index in [1.807, 2.05) is 0 Å². The van der Waals surface area contributed by atoms with Gasteiger partial charge in [-0.2, -0.15) is 5.26 Å². The fraction of sp³-hybridized carbons (Fsp3) is 0.312. The van der Waals surface area contributed by atoms with Crippen LogP contribution in [0.2, 0.25) is 0 Å². The van der Waals surface area contributed by atoms with Crippen molar-refractivity contribution >= 4 is 11.7 Å². The van der Waals surface area contributed by atoms with Crippen LogP contribution in [0.15, 0.2) is 36.9 Å². The number of hydrogen-bond acceptors (Lipinski definition) is 6. The minimum absolute atomic E-state index is 0.0926. The van der Waals surface area contributed by atoms with Gasteiger partial charge in [0, 0.05) is 37.7 Å². The normalized spacial score (nSPS) is 15.0. The number of nitrogens with zero attached hydrogens (tertiary/aromatic N) is 5. The highest BCUT2D eigenvalue weighted by Gasteiger charge is 2.23. The summed E-state index contributed by atoms with van der Waals surface area (Å²) in [6, 6.07) is 5.79. The number of aromatic nitrogens is 3. The zero-order valence-corrected chi connectivity index (χ0v) is 12.5. The van der Waals surface area contributed by atoms with Crippen molar-refractivity contribution in [3.8, 4) is 6.07 Å². The van der Waals surface area contributed by atoms with Gasteiger partial charge in [0.2, 0.25) is 0 Å². The molecule has 23 heavy (non-hydrogen) atoms. The molecule has 1 saturated heterocycles.